The average molecular weight is 307 g/mol. The molecule has 2 nitrogen and oxygen atoms in total. The number of rotatable bonds is 4. The highest BCUT2D eigenvalue weighted by atomic mass is 35.5. The molecule has 0 radical (unpaired) electrons. The summed E-state index contributed by atoms with van der Waals surface area (Å²) < 4.78 is 0. The third-order valence-corrected chi connectivity index (χ3v) is 4.18. The Balaban J connectivity index is 0.00000220. The molecule has 0 amide bonds. The number of hydrogen-bond acceptors (Lipinski definition) is 2. The molecule has 1 aromatic carbocycles. The fraction of sp³-hybridized carbons (Fsp3) is 0.556. The van der Waals surface area contributed by atoms with Gasteiger partial charge < -0.3 is 17.5 Å². The van der Waals surface area contributed by atoms with Crippen molar-refractivity contribution in [2.45, 2.75) is 37.7 Å². The molecule has 0 bridgehead atoms. The molecule has 0 spiro atoms. The molecule has 1 aromatic rings. The van der Waals surface area contributed by atoms with Crippen molar-refractivity contribution in [3.8, 4) is 11.8 Å². The highest BCUT2D eigenvalue weighted by Gasteiger charge is 2.39. The quantitative estimate of drug-likeness (QED) is 0.793. The monoisotopic (exact) mass is 306 g/mol. The van der Waals surface area contributed by atoms with Gasteiger partial charge in [0.05, 0.1) is 6.54 Å². The van der Waals surface area contributed by atoms with Gasteiger partial charge in [0, 0.05) is 6.42 Å². The Morgan fingerprint density at radius 3 is 2.33 bits per heavy atom. The average Bonchev–Trinajstić information content (AvgIpc) is 2.99. The van der Waals surface area contributed by atoms with Crippen LogP contribution in [0, 0.1) is 17.8 Å². The van der Waals surface area contributed by atoms with Crippen molar-refractivity contribution in [1.29, 1.82) is 0 Å². The first-order valence-electron chi connectivity index (χ1n) is 7.51. The molecular weight excluding hydrogens is 282 g/mol. The third-order valence-electron chi connectivity index (χ3n) is 4.18. The van der Waals surface area contributed by atoms with E-state index in [-0.39, 0.29) is 12.4 Å². The van der Waals surface area contributed by atoms with Crippen LogP contribution in [0.5, 0.6) is 0 Å². The van der Waals surface area contributed by atoms with E-state index in [1.54, 1.807) is 0 Å². The van der Waals surface area contributed by atoms with Crippen molar-refractivity contribution < 1.29 is 17.5 Å². The van der Waals surface area contributed by atoms with E-state index in [0.717, 1.165) is 24.9 Å². The van der Waals surface area contributed by atoms with Crippen molar-refractivity contribution >= 4 is 0 Å². The maximum Gasteiger partial charge on any atom is 0.103 e. The lowest BCUT2D eigenvalue weighted by Gasteiger charge is -2.33. The molecule has 1 atom stereocenters. The van der Waals surface area contributed by atoms with Gasteiger partial charge in [-0.05, 0) is 38.4 Å². The normalized spacial score (nSPS) is 17.7. The zero-order valence-corrected chi connectivity index (χ0v) is 13.7. The minimum Gasteiger partial charge on any atom is -1.00 e. The molecule has 1 unspecified atom stereocenters. The minimum atomic E-state index is -0.781. The molecule has 1 saturated carbocycles. The summed E-state index contributed by atoms with van der Waals surface area (Å²) >= 11 is 0. The highest BCUT2D eigenvalue weighted by Crippen LogP contribution is 2.42. The number of hydrogen-bond donors (Lipinski definition) is 1. The molecule has 3 heteroatoms. The molecule has 0 aliphatic heterocycles. The summed E-state index contributed by atoms with van der Waals surface area (Å²) in [7, 11) is 4.02. The van der Waals surface area contributed by atoms with Crippen LogP contribution >= 0.6 is 0 Å². The van der Waals surface area contributed by atoms with Crippen molar-refractivity contribution in [2.24, 2.45) is 5.92 Å². The fourth-order valence-corrected chi connectivity index (χ4v) is 3.02. The molecule has 116 valence electrons. The first-order chi connectivity index (χ1) is 9.63. The summed E-state index contributed by atoms with van der Waals surface area (Å²) in [4.78, 5) is 2.05. The molecule has 2 rings (SSSR count). The molecule has 0 aromatic heterocycles. The van der Waals surface area contributed by atoms with Crippen LogP contribution in [0.4, 0.5) is 0 Å². The maximum absolute atomic E-state index is 11.2. The van der Waals surface area contributed by atoms with Crippen LogP contribution in [0.1, 0.15) is 37.7 Å². The van der Waals surface area contributed by atoms with Gasteiger partial charge in [0.15, 0.2) is 0 Å². The van der Waals surface area contributed by atoms with E-state index < -0.39 is 5.60 Å². The highest BCUT2D eigenvalue weighted by molar-refractivity contribution is 5.26. The van der Waals surface area contributed by atoms with E-state index in [0.29, 0.717) is 12.3 Å². The smallest absolute Gasteiger partial charge is 0.103 e. The summed E-state index contributed by atoms with van der Waals surface area (Å²) in [6.45, 7) is 0.746. The molecule has 21 heavy (non-hydrogen) atoms. The predicted octanol–water partition coefficient (Wildman–Crippen LogP) is 0.0235. The lowest BCUT2D eigenvalue weighted by atomic mass is 9.78. The second kappa shape index (κ2) is 8.44. The Kier molecular flexibility index (Phi) is 7.25. The first kappa shape index (κ1) is 18.0. The zero-order valence-electron chi connectivity index (χ0n) is 13.0. The van der Waals surface area contributed by atoms with Gasteiger partial charge in [-0.1, -0.05) is 55.0 Å². The van der Waals surface area contributed by atoms with E-state index in [9.17, 15) is 5.11 Å². The van der Waals surface area contributed by atoms with Crippen molar-refractivity contribution in [2.75, 3.05) is 20.6 Å². The van der Waals surface area contributed by atoms with Gasteiger partial charge in [0.1, 0.15) is 5.60 Å². The van der Waals surface area contributed by atoms with Crippen molar-refractivity contribution in [3.63, 3.8) is 0 Å². The molecule has 1 N–H and O–H groups in total. The zero-order chi connectivity index (χ0) is 14.4. The third kappa shape index (κ3) is 4.74. The van der Waals surface area contributed by atoms with Gasteiger partial charge in [-0.15, -0.1) is 0 Å². The predicted molar refractivity (Wildman–Crippen MR) is 83.2 cm³/mol. The van der Waals surface area contributed by atoms with Gasteiger partial charge in [-0.25, -0.2) is 0 Å². The standard InChI is InChI=1S/C18H25NO.ClH/c1-19(2)15-9-8-14-18(20,17-12-6-7-13-17)16-10-4-3-5-11-16;/h3-5,10-11,17,20H,6-7,12-15H2,1-2H3;1H/p-1. The fourth-order valence-electron chi connectivity index (χ4n) is 3.02. The molecule has 0 heterocycles. The number of aliphatic hydroxyl groups is 1. The summed E-state index contributed by atoms with van der Waals surface area (Å²) in [6.07, 6.45) is 5.22. The lowest BCUT2D eigenvalue weighted by molar-refractivity contribution is -0.0173. The van der Waals surface area contributed by atoms with Gasteiger partial charge in [-0.2, -0.15) is 0 Å². The van der Waals surface area contributed by atoms with Gasteiger partial charge in [0.25, 0.3) is 0 Å². The van der Waals surface area contributed by atoms with Crippen LogP contribution in [0.25, 0.3) is 0 Å². The van der Waals surface area contributed by atoms with Gasteiger partial charge in [0.2, 0.25) is 0 Å². The Labute approximate surface area is 135 Å². The topological polar surface area (TPSA) is 23.5 Å². The molecule has 1 aliphatic carbocycles. The van der Waals surface area contributed by atoms with Crippen LogP contribution in [0.3, 0.4) is 0 Å². The van der Waals surface area contributed by atoms with Crippen LogP contribution in [-0.2, 0) is 5.60 Å². The SMILES string of the molecule is CN(C)CC#CCC(O)(c1ccccc1)C1CCCC1.[Cl-]. The van der Waals surface area contributed by atoms with Crippen molar-refractivity contribution in [3.05, 3.63) is 35.9 Å². The Morgan fingerprint density at radius 2 is 1.76 bits per heavy atom. The maximum atomic E-state index is 11.2. The second-order valence-corrected chi connectivity index (χ2v) is 6.04. The summed E-state index contributed by atoms with van der Waals surface area (Å²) in [5.41, 5.74) is 0.239. The second-order valence-electron chi connectivity index (χ2n) is 6.04. The van der Waals surface area contributed by atoms with E-state index >= 15 is 0 Å². The summed E-state index contributed by atoms with van der Waals surface area (Å²) in [5.74, 6) is 6.69. The Bertz CT molecular complexity index is 471. The van der Waals surface area contributed by atoms with E-state index in [4.69, 9.17) is 0 Å². The molecule has 1 aliphatic rings. The van der Waals surface area contributed by atoms with Gasteiger partial charge in [-0.3, -0.25) is 4.90 Å². The lowest BCUT2D eigenvalue weighted by Crippen LogP contribution is -3.00. The summed E-state index contributed by atoms with van der Waals surface area (Å²) in [6, 6.07) is 10.1. The van der Waals surface area contributed by atoms with Crippen LogP contribution in [-0.4, -0.2) is 30.6 Å². The van der Waals surface area contributed by atoms with Crippen LogP contribution < -0.4 is 12.4 Å². The summed E-state index contributed by atoms with van der Waals surface area (Å²) in [5, 5.41) is 11.2. The van der Waals surface area contributed by atoms with Crippen LogP contribution in [0.2, 0.25) is 0 Å². The number of nitrogens with zero attached hydrogens (tertiary/aromatic N) is 1. The molecule has 1 fully saturated rings. The van der Waals surface area contributed by atoms with E-state index in [1.165, 1.54) is 12.8 Å². The molecular formula is C18H25ClNO-. The van der Waals surface area contributed by atoms with E-state index in [2.05, 4.69) is 11.8 Å². The number of halogens is 1. The van der Waals surface area contributed by atoms with Crippen LogP contribution in [0.15, 0.2) is 30.3 Å². The Morgan fingerprint density at radius 1 is 1.14 bits per heavy atom. The minimum absolute atomic E-state index is 0. The first-order valence-corrected chi connectivity index (χ1v) is 7.51. The largest absolute Gasteiger partial charge is 1.00 e. The Hall–Kier alpha value is -1.01. The van der Waals surface area contributed by atoms with E-state index in [1.807, 2.05) is 49.3 Å². The molecule has 0 saturated heterocycles. The van der Waals surface area contributed by atoms with Gasteiger partial charge >= 0.3 is 0 Å². The van der Waals surface area contributed by atoms with Crippen molar-refractivity contribution in [1.82, 2.24) is 4.90 Å². The number of benzene rings is 1.